The van der Waals surface area contributed by atoms with Gasteiger partial charge in [-0.05, 0) is 12.1 Å². The van der Waals surface area contributed by atoms with Crippen LogP contribution in [0.3, 0.4) is 0 Å². The van der Waals surface area contributed by atoms with Crippen molar-refractivity contribution in [3.63, 3.8) is 0 Å². The van der Waals surface area contributed by atoms with E-state index < -0.39 is 0 Å². The Kier molecular flexibility index (Phi) is 2.69. The number of hydrogen-bond acceptors (Lipinski definition) is 4. The summed E-state index contributed by atoms with van der Waals surface area (Å²) in [6, 6.07) is 9.21. The highest BCUT2D eigenvalue weighted by Crippen LogP contribution is 2.23. The molecule has 2 N–H and O–H groups in total. The maximum absolute atomic E-state index is 5.61. The molecular weight excluding hydrogens is 214 g/mol. The van der Waals surface area contributed by atoms with Crippen LogP contribution in [0.25, 0.3) is 0 Å². The Labute approximate surface area is 91.7 Å². The summed E-state index contributed by atoms with van der Waals surface area (Å²) in [7, 11) is 0. The van der Waals surface area contributed by atoms with Gasteiger partial charge in [0.05, 0.1) is 6.20 Å². The predicted octanol–water partition coefficient (Wildman–Crippen LogP) is 2.50. The summed E-state index contributed by atoms with van der Waals surface area (Å²) in [4.78, 5) is 7.76. The fourth-order valence-corrected chi connectivity index (χ4v) is 1.19. The molecule has 1 heterocycles. The lowest BCUT2D eigenvalue weighted by Gasteiger charge is -2.05. The molecule has 0 atom stereocenters. The van der Waals surface area contributed by atoms with Crippen LogP contribution in [0.1, 0.15) is 0 Å². The van der Waals surface area contributed by atoms with Gasteiger partial charge in [-0.2, -0.15) is 0 Å². The van der Waals surface area contributed by atoms with Crippen molar-refractivity contribution in [3.05, 3.63) is 41.7 Å². The summed E-state index contributed by atoms with van der Waals surface area (Å²) in [5.74, 6) is 1.08. The quantitative estimate of drug-likeness (QED) is 0.847. The van der Waals surface area contributed by atoms with Gasteiger partial charge in [0.25, 0.3) is 5.88 Å². The number of nitrogen functional groups attached to an aromatic ring is 1. The highest BCUT2D eigenvalue weighted by Gasteiger charge is 2.05. The summed E-state index contributed by atoms with van der Waals surface area (Å²) in [6.45, 7) is 0. The van der Waals surface area contributed by atoms with Crippen molar-refractivity contribution in [3.8, 4) is 11.6 Å². The highest BCUT2D eigenvalue weighted by atomic mass is 35.5. The third-order valence-electron chi connectivity index (χ3n) is 1.69. The van der Waals surface area contributed by atoms with Crippen molar-refractivity contribution >= 4 is 17.4 Å². The third-order valence-corrected chi connectivity index (χ3v) is 1.87. The first-order valence-corrected chi connectivity index (χ1v) is 4.64. The van der Waals surface area contributed by atoms with Gasteiger partial charge in [-0.15, -0.1) is 0 Å². The molecule has 1 aromatic carbocycles. The van der Waals surface area contributed by atoms with Gasteiger partial charge in [-0.1, -0.05) is 29.8 Å². The molecule has 76 valence electrons. The number of benzene rings is 1. The molecule has 0 unspecified atom stereocenters. The minimum Gasteiger partial charge on any atom is -0.436 e. The van der Waals surface area contributed by atoms with Gasteiger partial charge in [0, 0.05) is 0 Å². The molecule has 0 aliphatic carbocycles. The fraction of sp³-hybridized carbons (Fsp3) is 0. The maximum Gasteiger partial charge on any atom is 0.262 e. The van der Waals surface area contributed by atoms with Gasteiger partial charge in [0.2, 0.25) is 0 Å². The standard InChI is InChI=1S/C10H8ClN3O/c11-8-6-13-10(9(12)14-8)15-7-4-2-1-3-5-7/h1-6H,(H2,12,14). The average Bonchev–Trinajstić information content (AvgIpc) is 2.24. The molecule has 0 amide bonds. The number of anilines is 1. The second-order valence-electron chi connectivity index (χ2n) is 2.80. The third kappa shape index (κ3) is 2.35. The minimum atomic E-state index is 0.173. The van der Waals surface area contributed by atoms with Crippen LogP contribution in [0, 0.1) is 0 Å². The zero-order valence-corrected chi connectivity index (χ0v) is 8.48. The number of aromatic nitrogens is 2. The van der Waals surface area contributed by atoms with E-state index in [0.29, 0.717) is 5.75 Å². The van der Waals surface area contributed by atoms with E-state index >= 15 is 0 Å². The first kappa shape index (κ1) is 9.73. The maximum atomic E-state index is 5.61. The van der Waals surface area contributed by atoms with Gasteiger partial charge in [0.15, 0.2) is 5.82 Å². The van der Waals surface area contributed by atoms with Gasteiger partial charge in [-0.3, -0.25) is 0 Å². The predicted molar refractivity (Wildman–Crippen MR) is 58.0 cm³/mol. The molecule has 15 heavy (non-hydrogen) atoms. The number of rotatable bonds is 2. The number of nitrogens with two attached hydrogens (primary N) is 1. The van der Waals surface area contributed by atoms with Gasteiger partial charge in [0.1, 0.15) is 10.9 Å². The van der Waals surface area contributed by atoms with Crippen LogP contribution in [0.2, 0.25) is 5.15 Å². The van der Waals surface area contributed by atoms with Crippen LogP contribution in [-0.4, -0.2) is 9.97 Å². The van der Waals surface area contributed by atoms with Crippen molar-refractivity contribution in [1.82, 2.24) is 9.97 Å². The number of hydrogen-bond donors (Lipinski definition) is 1. The van der Waals surface area contributed by atoms with Crippen molar-refractivity contribution in [2.75, 3.05) is 5.73 Å². The molecular formula is C10H8ClN3O. The van der Waals surface area contributed by atoms with Crippen LogP contribution in [-0.2, 0) is 0 Å². The molecule has 0 fully saturated rings. The minimum absolute atomic E-state index is 0.173. The van der Waals surface area contributed by atoms with Crippen LogP contribution in [0.4, 0.5) is 5.82 Å². The normalized spacial score (nSPS) is 9.93. The summed E-state index contributed by atoms with van der Waals surface area (Å²) in [5, 5.41) is 0.243. The lowest BCUT2D eigenvalue weighted by atomic mass is 10.3. The second-order valence-corrected chi connectivity index (χ2v) is 3.19. The topological polar surface area (TPSA) is 61.0 Å². The van der Waals surface area contributed by atoms with Crippen molar-refractivity contribution in [2.24, 2.45) is 0 Å². The Balaban J connectivity index is 2.25. The van der Waals surface area contributed by atoms with E-state index in [1.165, 1.54) is 6.20 Å². The van der Waals surface area contributed by atoms with Crippen LogP contribution < -0.4 is 10.5 Å². The second kappa shape index (κ2) is 4.14. The van der Waals surface area contributed by atoms with E-state index in [1.54, 1.807) is 12.1 Å². The van der Waals surface area contributed by atoms with E-state index in [-0.39, 0.29) is 16.9 Å². The van der Waals surface area contributed by atoms with Crippen molar-refractivity contribution < 1.29 is 4.74 Å². The summed E-state index contributed by atoms with van der Waals surface area (Å²) in [6.07, 6.45) is 1.39. The molecule has 4 nitrogen and oxygen atoms in total. The smallest absolute Gasteiger partial charge is 0.262 e. The van der Waals surface area contributed by atoms with Gasteiger partial charge in [-0.25, -0.2) is 9.97 Å². The van der Waals surface area contributed by atoms with E-state index in [9.17, 15) is 0 Å². The Morgan fingerprint density at radius 3 is 2.60 bits per heavy atom. The van der Waals surface area contributed by atoms with Crippen LogP contribution >= 0.6 is 11.6 Å². The number of halogens is 1. The zero-order chi connectivity index (χ0) is 10.7. The molecule has 0 aliphatic heterocycles. The molecule has 0 saturated heterocycles. The number of ether oxygens (including phenoxy) is 1. The van der Waals surface area contributed by atoms with E-state index in [0.717, 1.165) is 0 Å². The SMILES string of the molecule is Nc1nc(Cl)cnc1Oc1ccccc1. The Hall–Kier alpha value is -1.81. The molecule has 0 radical (unpaired) electrons. The summed E-state index contributed by atoms with van der Waals surface area (Å²) >= 11 is 5.61. The van der Waals surface area contributed by atoms with Gasteiger partial charge >= 0.3 is 0 Å². The van der Waals surface area contributed by atoms with Gasteiger partial charge < -0.3 is 10.5 Å². The molecule has 1 aromatic heterocycles. The number of nitrogens with zero attached hydrogens (tertiary/aromatic N) is 2. The lowest BCUT2D eigenvalue weighted by Crippen LogP contribution is -1.97. The first-order chi connectivity index (χ1) is 7.25. The molecule has 0 bridgehead atoms. The summed E-state index contributed by atoms with van der Waals surface area (Å²) < 4.78 is 5.41. The van der Waals surface area contributed by atoms with E-state index in [4.69, 9.17) is 22.1 Å². The van der Waals surface area contributed by atoms with Crippen LogP contribution in [0.5, 0.6) is 11.6 Å². The largest absolute Gasteiger partial charge is 0.436 e. The molecule has 5 heteroatoms. The first-order valence-electron chi connectivity index (χ1n) is 4.26. The Bertz CT molecular complexity index is 461. The average molecular weight is 222 g/mol. The molecule has 0 aliphatic rings. The Morgan fingerprint density at radius 1 is 1.20 bits per heavy atom. The lowest BCUT2D eigenvalue weighted by molar-refractivity contribution is 0.463. The monoisotopic (exact) mass is 221 g/mol. The van der Waals surface area contributed by atoms with E-state index in [1.807, 2.05) is 18.2 Å². The van der Waals surface area contributed by atoms with E-state index in [2.05, 4.69) is 9.97 Å². The zero-order valence-electron chi connectivity index (χ0n) is 7.72. The molecule has 0 saturated carbocycles. The van der Waals surface area contributed by atoms with Crippen molar-refractivity contribution in [1.29, 1.82) is 0 Å². The Morgan fingerprint density at radius 2 is 1.93 bits per heavy atom. The van der Waals surface area contributed by atoms with Crippen molar-refractivity contribution in [2.45, 2.75) is 0 Å². The molecule has 0 spiro atoms. The fourth-order valence-electron chi connectivity index (χ4n) is 1.05. The number of para-hydroxylation sites is 1. The van der Waals surface area contributed by atoms with Crippen LogP contribution in [0.15, 0.2) is 36.5 Å². The summed E-state index contributed by atoms with van der Waals surface area (Å²) in [5.41, 5.74) is 5.59. The highest BCUT2D eigenvalue weighted by molar-refractivity contribution is 6.29. The molecule has 2 rings (SSSR count). The molecule has 2 aromatic rings.